The van der Waals surface area contributed by atoms with Gasteiger partial charge < -0.3 is 24.8 Å². The van der Waals surface area contributed by atoms with E-state index in [0.717, 1.165) is 6.42 Å². The molecule has 0 saturated heterocycles. The molecule has 0 saturated carbocycles. The van der Waals surface area contributed by atoms with E-state index in [-0.39, 0.29) is 35.6 Å². The van der Waals surface area contributed by atoms with Gasteiger partial charge in [-0.2, -0.15) is 0 Å². The molecule has 0 bridgehead atoms. The van der Waals surface area contributed by atoms with E-state index in [1.54, 1.807) is 17.7 Å². The van der Waals surface area contributed by atoms with Crippen LogP contribution in [0.1, 0.15) is 96.9 Å². The first-order valence-electron chi connectivity index (χ1n) is 12.4. The topological polar surface area (TPSA) is 0 Å². The minimum atomic E-state index is -2.17. The molecule has 0 heterocycles. The van der Waals surface area contributed by atoms with Crippen LogP contribution in [-0.2, 0) is 38.5 Å². The molecule has 2 aromatic carbocycles. The maximum Gasteiger partial charge on any atom is -1.00 e. The van der Waals surface area contributed by atoms with Crippen molar-refractivity contribution in [2.24, 2.45) is 0 Å². The van der Waals surface area contributed by atoms with Crippen molar-refractivity contribution >= 4 is 6.48 Å². The summed E-state index contributed by atoms with van der Waals surface area (Å²) < 4.78 is 5.45. The summed E-state index contributed by atoms with van der Waals surface area (Å²) in [7, 11) is 0. The molecule has 4 rings (SSSR count). The summed E-state index contributed by atoms with van der Waals surface area (Å²) in [5.74, 6) is 0. The summed E-state index contributed by atoms with van der Waals surface area (Å²) in [6, 6.07) is 12.2. The Hall–Kier alpha value is -0.747. The van der Waals surface area contributed by atoms with Crippen LogP contribution < -0.4 is 28.1 Å². The van der Waals surface area contributed by atoms with Crippen molar-refractivity contribution in [3.63, 3.8) is 0 Å². The van der Waals surface area contributed by atoms with Crippen molar-refractivity contribution < 1.29 is 46.1 Å². The number of benzene rings is 2. The van der Waals surface area contributed by atoms with Gasteiger partial charge in [-0.05, 0) is 0 Å². The van der Waals surface area contributed by atoms with Gasteiger partial charge in [0.05, 0.1) is 0 Å². The van der Waals surface area contributed by atoms with Crippen LogP contribution in [0.15, 0.2) is 51.8 Å². The average Bonchev–Trinajstić information content (AvgIpc) is 3.37. The van der Waals surface area contributed by atoms with Crippen molar-refractivity contribution in [2.45, 2.75) is 91.9 Å². The Bertz CT molecular complexity index is 1150. The van der Waals surface area contributed by atoms with E-state index in [0.29, 0.717) is 0 Å². The Balaban J connectivity index is 0.00000204. The van der Waals surface area contributed by atoms with E-state index in [1.165, 1.54) is 41.5 Å². The molecule has 0 amide bonds. The summed E-state index contributed by atoms with van der Waals surface area (Å²) in [5, 5.41) is 0. The molecule has 3 heteroatoms. The standard InChI is InChI=1S/C21H25.C5H5.C5H10.2ClH.Zr/c1-20(2,3)16-7-9-18-14(12-16)11-15-13-17(21(4,5)6)8-10-19(15)18;1-2-4-5-3-1;1-3-5-4-2;;;/h7-10,12H,11H2,1-6H3;1-3H,4H2;3-4H2,1-2H3;2*1H;/q;;;;;+2/p-2. The largest absolute Gasteiger partial charge is 1.00 e. The fraction of sp³-hybridized carbons (Fsp3) is 0.452. The van der Waals surface area contributed by atoms with Crippen molar-refractivity contribution in [3.8, 4) is 11.1 Å². The van der Waals surface area contributed by atoms with Crippen molar-refractivity contribution in [2.75, 3.05) is 0 Å². The van der Waals surface area contributed by atoms with Crippen LogP contribution in [0, 0.1) is 0 Å². The number of rotatable bonds is 4. The zero-order valence-electron chi connectivity index (χ0n) is 22.2. The number of fused-ring (bicyclic) bond motifs is 3. The molecule has 0 radical (unpaired) electrons. The molecule has 2 aliphatic rings. The molecule has 0 N–H and O–H groups in total. The number of hydrogen-bond donors (Lipinski definition) is 0. The second-order valence-electron chi connectivity index (χ2n) is 11.6. The Labute approximate surface area is 228 Å². The van der Waals surface area contributed by atoms with Gasteiger partial charge in [0.25, 0.3) is 0 Å². The maximum atomic E-state index is 2.50. The first-order valence-corrected chi connectivity index (χ1v) is 16.1. The third kappa shape index (κ3) is 5.48. The molecular weight excluding hydrogens is 534 g/mol. The number of halogens is 2. The smallest absolute Gasteiger partial charge is 1.00 e. The minimum Gasteiger partial charge on any atom is -1.00 e. The van der Waals surface area contributed by atoms with Gasteiger partial charge in [0, 0.05) is 0 Å². The molecule has 2 aromatic rings. The van der Waals surface area contributed by atoms with Crippen LogP contribution in [0.25, 0.3) is 11.1 Å². The maximum absolute atomic E-state index is 2.50. The Morgan fingerprint density at radius 3 is 2.03 bits per heavy atom. The Morgan fingerprint density at radius 1 is 0.853 bits per heavy atom. The number of hydrogen-bond acceptors (Lipinski definition) is 0. The minimum absolute atomic E-state index is 0. The first-order chi connectivity index (χ1) is 15.1. The first kappa shape index (κ1) is 29.5. The van der Waals surface area contributed by atoms with Gasteiger partial charge in [0.2, 0.25) is 0 Å². The van der Waals surface area contributed by atoms with E-state index < -0.39 is 21.3 Å². The second-order valence-corrected chi connectivity index (χ2v) is 18.0. The van der Waals surface area contributed by atoms with Crippen LogP contribution in [0.3, 0.4) is 0 Å². The third-order valence-corrected chi connectivity index (χ3v) is 15.9. The number of allylic oxidation sites excluding steroid dienone is 4. The molecular formula is C31H40Cl2Zr. The van der Waals surface area contributed by atoms with E-state index in [1.807, 2.05) is 3.21 Å². The van der Waals surface area contributed by atoms with Gasteiger partial charge in [-0.1, -0.05) is 0 Å². The van der Waals surface area contributed by atoms with Crippen LogP contribution in [0.5, 0.6) is 0 Å². The zero-order valence-corrected chi connectivity index (χ0v) is 26.2. The average molecular weight is 575 g/mol. The van der Waals surface area contributed by atoms with Gasteiger partial charge in [-0.3, -0.25) is 0 Å². The molecule has 182 valence electrons. The predicted molar refractivity (Wildman–Crippen MR) is 139 cm³/mol. The Morgan fingerprint density at radius 2 is 1.50 bits per heavy atom. The fourth-order valence-corrected chi connectivity index (χ4v) is 14.5. The quantitative estimate of drug-likeness (QED) is 0.447. The van der Waals surface area contributed by atoms with Crippen LogP contribution in [0.2, 0.25) is 0 Å². The molecule has 0 nitrogen and oxygen atoms in total. The van der Waals surface area contributed by atoms with E-state index >= 15 is 0 Å². The van der Waals surface area contributed by atoms with Crippen LogP contribution >= 0.6 is 0 Å². The second kappa shape index (κ2) is 11.1. The van der Waals surface area contributed by atoms with E-state index in [9.17, 15) is 0 Å². The van der Waals surface area contributed by atoms with E-state index in [2.05, 4.69) is 104 Å². The van der Waals surface area contributed by atoms with Gasteiger partial charge >= 0.3 is 205 Å². The molecule has 0 atom stereocenters. The van der Waals surface area contributed by atoms with Gasteiger partial charge in [-0.25, -0.2) is 0 Å². The summed E-state index contributed by atoms with van der Waals surface area (Å²) in [4.78, 5) is 0. The third-order valence-electron chi connectivity index (χ3n) is 7.30. The van der Waals surface area contributed by atoms with E-state index in [4.69, 9.17) is 0 Å². The summed E-state index contributed by atoms with van der Waals surface area (Å²) in [5.41, 5.74) is 9.62. The van der Waals surface area contributed by atoms with Gasteiger partial charge in [0.1, 0.15) is 0 Å². The molecule has 0 aromatic heterocycles. The SMILES string of the molecule is CC[C](CC)=[Zr+2]([C]1=CC=CC1)[c]1c(C(C)(C)C)ccc2c1Cc1cc(C(C)(C)C)ccc1-2.[Cl-].[Cl-]. The van der Waals surface area contributed by atoms with Gasteiger partial charge in [0.15, 0.2) is 0 Å². The Kier molecular flexibility index (Phi) is 9.63. The normalized spacial score (nSPS) is 13.8. The van der Waals surface area contributed by atoms with Crippen molar-refractivity contribution in [1.82, 2.24) is 0 Å². The zero-order chi connectivity index (χ0) is 23.3. The monoisotopic (exact) mass is 572 g/mol. The molecule has 34 heavy (non-hydrogen) atoms. The van der Waals surface area contributed by atoms with Crippen LogP contribution in [0.4, 0.5) is 0 Å². The van der Waals surface area contributed by atoms with Crippen LogP contribution in [-0.4, -0.2) is 3.21 Å². The van der Waals surface area contributed by atoms with Gasteiger partial charge in [-0.15, -0.1) is 0 Å². The molecule has 2 aliphatic carbocycles. The molecule has 0 spiro atoms. The molecule has 0 aliphatic heterocycles. The summed E-state index contributed by atoms with van der Waals surface area (Å²) in [6.07, 6.45) is 11.9. The molecule has 0 unspecified atom stereocenters. The predicted octanol–water partition coefficient (Wildman–Crippen LogP) is 1.94. The van der Waals surface area contributed by atoms with Crippen molar-refractivity contribution in [3.05, 3.63) is 74.1 Å². The summed E-state index contributed by atoms with van der Waals surface area (Å²) >= 11 is -2.17. The molecule has 0 fully saturated rings. The van der Waals surface area contributed by atoms with Crippen molar-refractivity contribution in [1.29, 1.82) is 0 Å². The fourth-order valence-electron chi connectivity index (χ4n) is 5.45. The summed E-state index contributed by atoms with van der Waals surface area (Å²) in [6.45, 7) is 19.0.